The lowest BCUT2D eigenvalue weighted by atomic mass is 9.77. The molecule has 0 saturated heterocycles. The van der Waals surface area contributed by atoms with E-state index in [4.69, 9.17) is 0 Å². The van der Waals surface area contributed by atoms with Gasteiger partial charge in [0.25, 0.3) is 0 Å². The molecule has 0 fully saturated rings. The van der Waals surface area contributed by atoms with E-state index in [1.807, 2.05) is 6.07 Å². The SMILES string of the molecule is Cc1ccc2c(c1)/C(=N/O)CCC2c1ccccc1. The van der Waals surface area contributed by atoms with E-state index in [1.54, 1.807) is 0 Å². The first-order valence-electron chi connectivity index (χ1n) is 6.66. The minimum atomic E-state index is 0.405. The molecule has 0 aliphatic heterocycles. The van der Waals surface area contributed by atoms with Gasteiger partial charge < -0.3 is 5.21 Å². The zero-order valence-electron chi connectivity index (χ0n) is 11.0. The first kappa shape index (κ1) is 12.0. The highest BCUT2D eigenvalue weighted by molar-refractivity contribution is 6.03. The van der Waals surface area contributed by atoms with Crippen LogP contribution in [0.25, 0.3) is 0 Å². The van der Waals surface area contributed by atoms with Crippen LogP contribution in [0.4, 0.5) is 0 Å². The van der Waals surface area contributed by atoms with Crippen LogP contribution in [0, 0.1) is 6.92 Å². The van der Waals surface area contributed by atoms with Crippen LogP contribution >= 0.6 is 0 Å². The third kappa shape index (κ3) is 2.14. The Morgan fingerprint density at radius 1 is 1.11 bits per heavy atom. The van der Waals surface area contributed by atoms with Gasteiger partial charge in [0.15, 0.2) is 0 Å². The molecule has 0 heterocycles. The van der Waals surface area contributed by atoms with Gasteiger partial charge in [0, 0.05) is 11.5 Å². The van der Waals surface area contributed by atoms with Crippen molar-refractivity contribution < 1.29 is 5.21 Å². The number of oxime groups is 1. The number of nitrogens with zero attached hydrogens (tertiary/aromatic N) is 1. The molecule has 0 saturated carbocycles. The molecule has 0 amide bonds. The summed E-state index contributed by atoms with van der Waals surface area (Å²) in [5.74, 6) is 0.405. The molecule has 3 rings (SSSR count). The first-order valence-corrected chi connectivity index (χ1v) is 6.66. The molecule has 19 heavy (non-hydrogen) atoms. The van der Waals surface area contributed by atoms with E-state index in [-0.39, 0.29) is 0 Å². The topological polar surface area (TPSA) is 32.6 Å². The van der Waals surface area contributed by atoms with E-state index >= 15 is 0 Å². The maximum Gasteiger partial charge on any atom is 0.0871 e. The molecule has 0 radical (unpaired) electrons. The second kappa shape index (κ2) is 4.88. The minimum absolute atomic E-state index is 0.405. The molecule has 0 bridgehead atoms. The van der Waals surface area contributed by atoms with Gasteiger partial charge in [-0.3, -0.25) is 0 Å². The summed E-state index contributed by atoms with van der Waals surface area (Å²) in [5, 5.41) is 12.6. The van der Waals surface area contributed by atoms with Crippen molar-refractivity contribution in [1.82, 2.24) is 0 Å². The van der Waals surface area contributed by atoms with Crippen LogP contribution in [0.5, 0.6) is 0 Å². The standard InChI is InChI=1S/C17H17NO/c1-12-7-8-15-14(13-5-3-2-4-6-13)9-10-17(18-19)16(15)11-12/h2-8,11,14,19H,9-10H2,1H3/b18-17+. The van der Waals surface area contributed by atoms with E-state index in [1.165, 1.54) is 16.7 Å². The fourth-order valence-corrected chi connectivity index (χ4v) is 2.93. The number of rotatable bonds is 1. The Kier molecular flexibility index (Phi) is 3.08. The minimum Gasteiger partial charge on any atom is -0.411 e. The highest BCUT2D eigenvalue weighted by atomic mass is 16.4. The molecule has 2 heteroatoms. The van der Waals surface area contributed by atoms with Crippen LogP contribution in [-0.2, 0) is 0 Å². The Labute approximate surface area is 113 Å². The number of hydrogen-bond donors (Lipinski definition) is 1. The fourth-order valence-electron chi connectivity index (χ4n) is 2.93. The van der Waals surface area contributed by atoms with Crippen molar-refractivity contribution in [3.8, 4) is 0 Å². The van der Waals surface area contributed by atoms with E-state index in [0.717, 1.165) is 24.1 Å². The molecule has 2 aromatic rings. The normalized spacial score (nSPS) is 20.3. The van der Waals surface area contributed by atoms with Gasteiger partial charge in [0.1, 0.15) is 0 Å². The molecular formula is C17H17NO. The van der Waals surface area contributed by atoms with Gasteiger partial charge in [-0.2, -0.15) is 0 Å². The van der Waals surface area contributed by atoms with Crippen molar-refractivity contribution in [3.05, 3.63) is 70.8 Å². The van der Waals surface area contributed by atoms with Crippen LogP contribution in [0.15, 0.2) is 53.7 Å². The van der Waals surface area contributed by atoms with Crippen molar-refractivity contribution in [2.24, 2.45) is 5.16 Å². The zero-order valence-corrected chi connectivity index (χ0v) is 11.0. The predicted octanol–water partition coefficient (Wildman–Crippen LogP) is 4.10. The molecule has 2 aromatic carbocycles. The summed E-state index contributed by atoms with van der Waals surface area (Å²) in [6, 6.07) is 17.0. The Balaban J connectivity index is 2.12. The lowest BCUT2D eigenvalue weighted by molar-refractivity contribution is 0.317. The Hall–Kier alpha value is -2.09. The molecule has 1 aliphatic rings. The second-order valence-electron chi connectivity index (χ2n) is 5.14. The molecule has 1 aliphatic carbocycles. The van der Waals surface area contributed by atoms with Gasteiger partial charge in [-0.1, -0.05) is 53.2 Å². The van der Waals surface area contributed by atoms with Crippen LogP contribution in [-0.4, -0.2) is 10.9 Å². The van der Waals surface area contributed by atoms with Gasteiger partial charge >= 0.3 is 0 Å². The average Bonchev–Trinajstić information content (AvgIpc) is 2.47. The maximum absolute atomic E-state index is 9.17. The fraction of sp³-hybridized carbons (Fsp3) is 0.235. The summed E-state index contributed by atoms with van der Waals surface area (Å²) in [4.78, 5) is 0. The Morgan fingerprint density at radius 3 is 2.63 bits per heavy atom. The van der Waals surface area contributed by atoms with E-state index in [0.29, 0.717) is 5.92 Å². The summed E-state index contributed by atoms with van der Waals surface area (Å²) in [6.07, 6.45) is 1.83. The number of aryl methyl sites for hydroxylation is 1. The summed E-state index contributed by atoms with van der Waals surface area (Å²) in [7, 11) is 0. The number of fused-ring (bicyclic) bond motifs is 1. The van der Waals surface area contributed by atoms with Crippen molar-refractivity contribution >= 4 is 5.71 Å². The van der Waals surface area contributed by atoms with Crippen LogP contribution in [0.2, 0.25) is 0 Å². The van der Waals surface area contributed by atoms with Gasteiger partial charge in [0.2, 0.25) is 0 Å². The maximum atomic E-state index is 9.17. The average molecular weight is 251 g/mol. The highest BCUT2D eigenvalue weighted by Gasteiger charge is 2.25. The Morgan fingerprint density at radius 2 is 1.89 bits per heavy atom. The Bertz CT molecular complexity index is 616. The van der Waals surface area contributed by atoms with Crippen molar-refractivity contribution in [2.75, 3.05) is 0 Å². The molecule has 0 spiro atoms. The van der Waals surface area contributed by atoms with Crippen molar-refractivity contribution in [2.45, 2.75) is 25.7 Å². The monoisotopic (exact) mass is 251 g/mol. The lowest BCUT2D eigenvalue weighted by Gasteiger charge is -2.26. The third-order valence-corrected chi connectivity index (χ3v) is 3.89. The smallest absolute Gasteiger partial charge is 0.0871 e. The second-order valence-corrected chi connectivity index (χ2v) is 5.14. The third-order valence-electron chi connectivity index (χ3n) is 3.89. The molecule has 0 aromatic heterocycles. The van der Waals surface area contributed by atoms with Crippen LogP contribution in [0.3, 0.4) is 0 Å². The van der Waals surface area contributed by atoms with Crippen LogP contribution < -0.4 is 0 Å². The molecule has 1 N–H and O–H groups in total. The van der Waals surface area contributed by atoms with Crippen molar-refractivity contribution in [3.63, 3.8) is 0 Å². The summed E-state index contributed by atoms with van der Waals surface area (Å²) >= 11 is 0. The van der Waals surface area contributed by atoms with E-state index in [2.05, 4.69) is 54.5 Å². The summed E-state index contributed by atoms with van der Waals surface area (Å²) < 4.78 is 0. The van der Waals surface area contributed by atoms with E-state index < -0.39 is 0 Å². The summed E-state index contributed by atoms with van der Waals surface area (Å²) in [5.41, 5.74) is 5.72. The molecule has 96 valence electrons. The van der Waals surface area contributed by atoms with Crippen LogP contribution in [0.1, 0.15) is 41.0 Å². The van der Waals surface area contributed by atoms with Crippen molar-refractivity contribution in [1.29, 1.82) is 0 Å². The van der Waals surface area contributed by atoms with Gasteiger partial charge in [0.05, 0.1) is 5.71 Å². The largest absolute Gasteiger partial charge is 0.411 e. The molecule has 1 atom stereocenters. The van der Waals surface area contributed by atoms with E-state index in [9.17, 15) is 5.21 Å². The lowest BCUT2D eigenvalue weighted by Crippen LogP contribution is -2.17. The predicted molar refractivity (Wildman–Crippen MR) is 77.0 cm³/mol. The number of hydrogen-bond acceptors (Lipinski definition) is 2. The van der Waals surface area contributed by atoms with Gasteiger partial charge in [-0.15, -0.1) is 0 Å². The zero-order chi connectivity index (χ0) is 13.2. The van der Waals surface area contributed by atoms with Gasteiger partial charge in [-0.05, 0) is 37.0 Å². The molecule has 1 unspecified atom stereocenters. The highest BCUT2D eigenvalue weighted by Crippen LogP contribution is 2.37. The summed E-state index contributed by atoms with van der Waals surface area (Å²) in [6.45, 7) is 2.07. The molecular weight excluding hydrogens is 234 g/mol. The first-order chi connectivity index (χ1) is 9.29. The quantitative estimate of drug-likeness (QED) is 0.600. The molecule has 2 nitrogen and oxygen atoms in total. The van der Waals surface area contributed by atoms with Gasteiger partial charge in [-0.25, -0.2) is 0 Å². The number of benzene rings is 2.